The molecule has 276 valence electrons. The van der Waals surface area contributed by atoms with Crippen LogP contribution in [-0.2, 0) is 5.41 Å². The molecule has 7 aromatic carbocycles. The van der Waals surface area contributed by atoms with E-state index in [1.54, 1.807) is 11.1 Å². The third-order valence-electron chi connectivity index (χ3n) is 15.3. The van der Waals surface area contributed by atoms with Crippen LogP contribution in [0.25, 0.3) is 88.1 Å². The molecule has 10 aromatic rings. The Bertz CT molecular complexity index is 3340. The van der Waals surface area contributed by atoms with Crippen LogP contribution in [0, 0.1) is 23.7 Å². The molecule has 5 aliphatic rings. The second kappa shape index (κ2) is 11.4. The number of para-hydroxylation sites is 2. The number of hydrogen-bond donors (Lipinski definition) is 0. The highest BCUT2D eigenvalue weighted by molar-refractivity contribution is 6.13. The van der Waals surface area contributed by atoms with Crippen molar-refractivity contribution in [3.05, 3.63) is 175 Å². The maximum Gasteiger partial charge on any atom is 0.145 e. The Morgan fingerprint density at radius 3 is 1.72 bits per heavy atom. The van der Waals surface area contributed by atoms with E-state index >= 15 is 0 Å². The fourth-order valence-corrected chi connectivity index (χ4v) is 13.4. The second-order valence-electron chi connectivity index (χ2n) is 18.0. The van der Waals surface area contributed by atoms with Gasteiger partial charge in [-0.1, -0.05) is 103 Å². The molecule has 3 heterocycles. The molecule has 3 nitrogen and oxygen atoms in total. The minimum Gasteiger partial charge on any atom is -0.309 e. The number of pyridine rings is 1. The van der Waals surface area contributed by atoms with Crippen LogP contribution in [0.15, 0.2) is 164 Å². The van der Waals surface area contributed by atoms with Crippen LogP contribution in [0.5, 0.6) is 0 Å². The predicted molar refractivity (Wildman–Crippen MR) is 239 cm³/mol. The average Bonchev–Trinajstić information content (AvgIpc) is 3.88. The fraction of sp³-hybridized carbons (Fsp3) is 0.182. The Morgan fingerprint density at radius 2 is 1.00 bits per heavy atom. The molecule has 0 atom stereocenters. The largest absolute Gasteiger partial charge is 0.309 e. The van der Waals surface area contributed by atoms with Gasteiger partial charge in [0, 0.05) is 44.2 Å². The molecule has 3 aromatic heterocycles. The Labute approximate surface area is 337 Å². The first-order chi connectivity index (χ1) is 28.7. The zero-order chi connectivity index (χ0) is 37.7. The van der Waals surface area contributed by atoms with Gasteiger partial charge in [0.25, 0.3) is 0 Å². The van der Waals surface area contributed by atoms with Crippen molar-refractivity contribution >= 4 is 54.4 Å². The second-order valence-corrected chi connectivity index (χ2v) is 18.0. The smallest absolute Gasteiger partial charge is 0.145 e. The highest BCUT2D eigenvalue weighted by Gasteiger charge is 2.61. The van der Waals surface area contributed by atoms with E-state index < -0.39 is 0 Å². The quantitative estimate of drug-likeness (QED) is 0.177. The minimum absolute atomic E-state index is 0.146. The van der Waals surface area contributed by atoms with E-state index in [9.17, 15) is 0 Å². The van der Waals surface area contributed by atoms with Gasteiger partial charge in [0.1, 0.15) is 5.82 Å². The summed E-state index contributed by atoms with van der Waals surface area (Å²) in [5, 5.41) is 7.42. The summed E-state index contributed by atoms with van der Waals surface area (Å²) >= 11 is 0. The van der Waals surface area contributed by atoms with Gasteiger partial charge in [-0.05, 0) is 149 Å². The van der Waals surface area contributed by atoms with Crippen LogP contribution in [0.2, 0.25) is 0 Å². The van der Waals surface area contributed by atoms with Crippen molar-refractivity contribution in [2.45, 2.75) is 37.5 Å². The van der Waals surface area contributed by atoms with Gasteiger partial charge in [-0.15, -0.1) is 0 Å². The molecule has 0 unspecified atom stereocenters. The molecule has 4 saturated carbocycles. The van der Waals surface area contributed by atoms with Crippen LogP contribution in [-0.4, -0.2) is 14.1 Å². The van der Waals surface area contributed by atoms with Gasteiger partial charge >= 0.3 is 0 Å². The third-order valence-corrected chi connectivity index (χ3v) is 15.3. The standard InChI is InChI=1S/C55H41N3/c1-2-10-41-35(9-1)23-24-56-54(41)58-51-16-8-5-13-45(51)47-31-37(18-22-53(47)58)36-17-21-52-46(30-36)44-12-4-7-15-50(44)57(52)40-19-20-43-42-11-3-6-14-48(42)55(49(43)32-40)38-26-33-25-34(28-38)29-39(55)27-33/h1-24,30-34,38-39H,25-29H2. The Balaban J connectivity index is 0.939. The highest BCUT2D eigenvalue weighted by atomic mass is 15.1. The van der Waals surface area contributed by atoms with E-state index in [0.29, 0.717) is 0 Å². The maximum atomic E-state index is 4.95. The van der Waals surface area contributed by atoms with Gasteiger partial charge < -0.3 is 4.57 Å². The summed E-state index contributed by atoms with van der Waals surface area (Å²) in [6.07, 6.45) is 9.00. The van der Waals surface area contributed by atoms with E-state index in [-0.39, 0.29) is 5.41 Å². The molecule has 1 spiro atoms. The van der Waals surface area contributed by atoms with E-state index in [2.05, 4.69) is 167 Å². The van der Waals surface area contributed by atoms with Crippen molar-refractivity contribution in [2.24, 2.45) is 23.7 Å². The summed E-state index contributed by atoms with van der Waals surface area (Å²) in [6, 6.07) is 59.6. The third kappa shape index (κ3) is 4.02. The van der Waals surface area contributed by atoms with Crippen LogP contribution in [0.3, 0.4) is 0 Å². The topological polar surface area (TPSA) is 22.8 Å². The van der Waals surface area contributed by atoms with Gasteiger partial charge in [0.2, 0.25) is 0 Å². The first-order valence-electron chi connectivity index (χ1n) is 21.4. The van der Waals surface area contributed by atoms with Crippen LogP contribution in [0.1, 0.15) is 43.2 Å². The molecular weight excluding hydrogens is 703 g/mol. The molecule has 58 heavy (non-hydrogen) atoms. The molecule has 0 N–H and O–H groups in total. The number of fused-ring (bicyclic) bond motifs is 10. The van der Waals surface area contributed by atoms with Gasteiger partial charge in [-0.3, -0.25) is 4.57 Å². The number of rotatable bonds is 3. The van der Waals surface area contributed by atoms with Crippen molar-refractivity contribution in [1.29, 1.82) is 0 Å². The summed E-state index contributed by atoms with van der Waals surface area (Å²) in [5.41, 5.74) is 14.9. The zero-order valence-electron chi connectivity index (χ0n) is 32.3. The number of benzene rings is 7. The van der Waals surface area contributed by atoms with Crippen molar-refractivity contribution in [1.82, 2.24) is 14.1 Å². The minimum atomic E-state index is 0.146. The molecule has 0 aliphatic heterocycles. The van der Waals surface area contributed by atoms with Crippen molar-refractivity contribution < 1.29 is 0 Å². The molecule has 4 bridgehead atoms. The van der Waals surface area contributed by atoms with Crippen LogP contribution >= 0.6 is 0 Å². The van der Waals surface area contributed by atoms with E-state index in [4.69, 9.17) is 4.98 Å². The summed E-state index contributed by atoms with van der Waals surface area (Å²) < 4.78 is 4.89. The summed E-state index contributed by atoms with van der Waals surface area (Å²) in [7, 11) is 0. The lowest BCUT2D eigenvalue weighted by atomic mass is 9.43. The fourth-order valence-electron chi connectivity index (χ4n) is 13.4. The molecule has 15 rings (SSSR count). The monoisotopic (exact) mass is 743 g/mol. The van der Waals surface area contributed by atoms with Crippen LogP contribution < -0.4 is 0 Å². The Kier molecular flexibility index (Phi) is 6.19. The molecular formula is C55H41N3. The SMILES string of the molecule is c1ccc2c(c1)-c1ccc(-n3c4ccccc4c4cc(-c5ccc6c(c5)c5ccccc5n6-c5nccc6ccccc56)ccc43)cc1C21C2CC3CC(C2)CC1C3. The molecule has 3 heteroatoms. The van der Waals surface area contributed by atoms with E-state index in [1.165, 1.54) is 109 Å². The van der Waals surface area contributed by atoms with Gasteiger partial charge in [0.05, 0.1) is 22.1 Å². The van der Waals surface area contributed by atoms with Crippen molar-refractivity contribution in [2.75, 3.05) is 0 Å². The lowest BCUT2D eigenvalue weighted by molar-refractivity contribution is -0.0399. The molecule has 0 amide bonds. The molecule has 0 saturated heterocycles. The normalized spacial score (nSPS) is 22.9. The lowest BCUT2D eigenvalue weighted by Crippen LogP contribution is -2.55. The zero-order valence-corrected chi connectivity index (χ0v) is 32.3. The van der Waals surface area contributed by atoms with Crippen molar-refractivity contribution in [3.8, 4) is 33.8 Å². The van der Waals surface area contributed by atoms with Crippen LogP contribution in [0.4, 0.5) is 0 Å². The predicted octanol–water partition coefficient (Wildman–Crippen LogP) is 13.8. The van der Waals surface area contributed by atoms with Gasteiger partial charge in [0.15, 0.2) is 0 Å². The number of hydrogen-bond acceptors (Lipinski definition) is 1. The van der Waals surface area contributed by atoms with Gasteiger partial charge in [-0.25, -0.2) is 4.98 Å². The highest BCUT2D eigenvalue weighted by Crippen LogP contribution is 2.69. The maximum absolute atomic E-state index is 4.95. The summed E-state index contributed by atoms with van der Waals surface area (Å²) in [5.74, 6) is 4.32. The lowest BCUT2D eigenvalue weighted by Gasteiger charge is -2.61. The van der Waals surface area contributed by atoms with E-state index in [0.717, 1.165) is 34.9 Å². The molecule has 5 aliphatic carbocycles. The average molecular weight is 744 g/mol. The summed E-state index contributed by atoms with van der Waals surface area (Å²) in [4.78, 5) is 4.95. The van der Waals surface area contributed by atoms with E-state index in [1.807, 2.05) is 6.20 Å². The first kappa shape index (κ1) is 31.6. The molecule has 4 fully saturated rings. The number of aromatic nitrogens is 3. The van der Waals surface area contributed by atoms with Gasteiger partial charge in [-0.2, -0.15) is 0 Å². The molecule has 0 radical (unpaired) electrons. The summed E-state index contributed by atoms with van der Waals surface area (Å²) in [6.45, 7) is 0. The van der Waals surface area contributed by atoms with Crippen molar-refractivity contribution in [3.63, 3.8) is 0 Å². The Morgan fingerprint density at radius 1 is 0.431 bits per heavy atom. The number of nitrogens with zero attached hydrogens (tertiary/aromatic N) is 3. The Hall–Kier alpha value is -6.45. The first-order valence-corrected chi connectivity index (χ1v) is 21.4.